The zero-order valence-electron chi connectivity index (χ0n) is 16.7. The van der Waals surface area contributed by atoms with Gasteiger partial charge in [0.25, 0.3) is 0 Å². The van der Waals surface area contributed by atoms with Gasteiger partial charge in [-0.3, -0.25) is 4.99 Å². The van der Waals surface area contributed by atoms with Crippen molar-refractivity contribution in [2.45, 2.75) is 58.8 Å². The quantitative estimate of drug-likeness (QED) is 0.381. The summed E-state index contributed by atoms with van der Waals surface area (Å²) in [6.07, 6.45) is 9.35. The number of guanidine groups is 1. The molecule has 146 valence electrons. The number of nitrogens with zero attached hydrogens (tertiary/aromatic N) is 3. The summed E-state index contributed by atoms with van der Waals surface area (Å²) >= 11 is 0. The van der Waals surface area contributed by atoms with E-state index in [4.69, 9.17) is 4.99 Å². The van der Waals surface area contributed by atoms with Crippen molar-refractivity contribution >= 4 is 5.96 Å². The van der Waals surface area contributed by atoms with Gasteiger partial charge < -0.3 is 20.4 Å². The van der Waals surface area contributed by atoms with Crippen LogP contribution in [0.25, 0.3) is 0 Å². The van der Waals surface area contributed by atoms with E-state index in [9.17, 15) is 0 Å². The Hall–Kier alpha value is -0.810. The van der Waals surface area contributed by atoms with Gasteiger partial charge in [0, 0.05) is 26.2 Å². The van der Waals surface area contributed by atoms with E-state index < -0.39 is 0 Å². The molecule has 0 bridgehead atoms. The second-order valence-electron chi connectivity index (χ2n) is 7.82. The largest absolute Gasteiger partial charge is 0.357 e. The van der Waals surface area contributed by atoms with E-state index in [1.807, 2.05) is 0 Å². The molecule has 2 aliphatic heterocycles. The Labute approximate surface area is 155 Å². The molecule has 0 radical (unpaired) electrons. The summed E-state index contributed by atoms with van der Waals surface area (Å²) in [5.41, 5.74) is 0. The average molecular weight is 352 g/mol. The Morgan fingerprint density at radius 2 is 1.64 bits per heavy atom. The highest BCUT2D eigenvalue weighted by atomic mass is 15.2. The Kier molecular flexibility index (Phi) is 10.3. The van der Waals surface area contributed by atoms with Gasteiger partial charge in [-0.25, -0.2) is 0 Å². The van der Waals surface area contributed by atoms with Gasteiger partial charge in [0.05, 0.1) is 0 Å². The van der Waals surface area contributed by atoms with Crippen molar-refractivity contribution in [1.82, 2.24) is 20.4 Å². The lowest BCUT2D eigenvalue weighted by Gasteiger charge is -2.30. The maximum atomic E-state index is 4.75. The van der Waals surface area contributed by atoms with Crippen LogP contribution in [-0.2, 0) is 0 Å². The molecule has 2 fully saturated rings. The van der Waals surface area contributed by atoms with Crippen LogP contribution in [0.3, 0.4) is 0 Å². The third-order valence-electron chi connectivity index (χ3n) is 5.54. The topological polar surface area (TPSA) is 42.9 Å². The van der Waals surface area contributed by atoms with Crippen LogP contribution in [0.4, 0.5) is 0 Å². The van der Waals surface area contributed by atoms with E-state index in [1.54, 1.807) is 0 Å². The normalized spacial score (nSPS) is 21.4. The number of hydrogen-bond acceptors (Lipinski definition) is 3. The molecular formula is C20H41N5. The third kappa shape index (κ3) is 8.91. The molecule has 25 heavy (non-hydrogen) atoms. The Morgan fingerprint density at radius 3 is 2.36 bits per heavy atom. The molecular weight excluding hydrogens is 310 g/mol. The van der Waals surface area contributed by atoms with Gasteiger partial charge in [-0.05, 0) is 84.1 Å². The number of unbranched alkanes of at least 4 members (excludes halogenated alkanes) is 1. The summed E-state index contributed by atoms with van der Waals surface area (Å²) in [4.78, 5) is 9.95. The van der Waals surface area contributed by atoms with Crippen LogP contribution in [0.1, 0.15) is 58.8 Å². The summed E-state index contributed by atoms with van der Waals surface area (Å²) in [6, 6.07) is 0. The average Bonchev–Trinajstić information content (AvgIpc) is 2.64. The summed E-state index contributed by atoms with van der Waals surface area (Å²) in [6.45, 7) is 14.9. The minimum absolute atomic E-state index is 0.930. The molecule has 0 amide bonds. The fourth-order valence-electron chi connectivity index (χ4n) is 3.78. The van der Waals surface area contributed by atoms with Crippen molar-refractivity contribution in [2.75, 3.05) is 58.9 Å². The lowest BCUT2D eigenvalue weighted by Crippen LogP contribution is -2.42. The van der Waals surface area contributed by atoms with Crippen LogP contribution >= 0.6 is 0 Å². The molecule has 5 heteroatoms. The summed E-state index contributed by atoms with van der Waals surface area (Å²) < 4.78 is 0. The van der Waals surface area contributed by atoms with Crippen molar-refractivity contribution in [3.63, 3.8) is 0 Å². The molecule has 0 aromatic carbocycles. The van der Waals surface area contributed by atoms with Gasteiger partial charge >= 0.3 is 0 Å². The molecule has 0 aliphatic carbocycles. The van der Waals surface area contributed by atoms with Crippen LogP contribution < -0.4 is 10.6 Å². The minimum Gasteiger partial charge on any atom is -0.357 e. The van der Waals surface area contributed by atoms with Gasteiger partial charge in [0.1, 0.15) is 0 Å². The molecule has 2 saturated heterocycles. The summed E-state index contributed by atoms with van der Waals surface area (Å²) in [7, 11) is 0. The van der Waals surface area contributed by atoms with Crippen LogP contribution in [0.15, 0.2) is 4.99 Å². The number of piperidine rings is 2. The number of aliphatic imine (C=N–C) groups is 1. The first-order valence-electron chi connectivity index (χ1n) is 10.7. The maximum Gasteiger partial charge on any atom is 0.191 e. The summed E-state index contributed by atoms with van der Waals surface area (Å²) in [5.74, 6) is 1.92. The number of hydrogen-bond donors (Lipinski definition) is 2. The van der Waals surface area contributed by atoms with Crippen LogP contribution in [-0.4, -0.2) is 74.7 Å². The fraction of sp³-hybridized carbons (Fsp3) is 0.950. The molecule has 2 rings (SSSR count). The highest BCUT2D eigenvalue weighted by Crippen LogP contribution is 2.16. The first-order chi connectivity index (χ1) is 12.3. The Balaban J connectivity index is 1.55. The van der Waals surface area contributed by atoms with E-state index in [0.29, 0.717) is 0 Å². The fourth-order valence-corrected chi connectivity index (χ4v) is 3.78. The molecule has 0 unspecified atom stereocenters. The maximum absolute atomic E-state index is 4.75. The van der Waals surface area contributed by atoms with E-state index in [-0.39, 0.29) is 0 Å². The Bertz CT molecular complexity index is 357. The van der Waals surface area contributed by atoms with Crippen LogP contribution in [0.5, 0.6) is 0 Å². The number of rotatable bonds is 9. The van der Waals surface area contributed by atoms with Gasteiger partial charge in [-0.1, -0.05) is 13.3 Å². The molecule has 2 heterocycles. The smallest absolute Gasteiger partial charge is 0.191 e. The van der Waals surface area contributed by atoms with Crippen molar-refractivity contribution in [2.24, 2.45) is 10.9 Å². The monoisotopic (exact) mass is 351 g/mol. The summed E-state index contributed by atoms with van der Waals surface area (Å²) in [5, 5.41) is 6.88. The van der Waals surface area contributed by atoms with Crippen molar-refractivity contribution in [3.8, 4) is 0 Å². The Morgan fingerprint density at radius 1 is 0.920 bits per heavy atom. The predicted octanol–water partition coefficient (Wildman–Crippen LogP) is 2.54. The zero-order chi connectivity index (χ0) is 17.7. The highest BCUT2D eigenvalue weighted by Gasteiger charge is 2.14. The van der Waals surface area contributed by atoms with Gasteiger partial charge in [0.15, 0.2) is 5.96 Å². The molecule has 2 N–H and O–H groups in total. The minimum atomic E-state index is 0.930. The van der Waals surface area contributed by atoms with E-state index in [0.717, 1.165) is 38.1 Å². The van der Waals surface area contributed by atoms with E-state index >= 15 is 0 Å². The van der Waals surface area contributed by atoms with Gasteiger partial charge in [-0.15, -0.1) is 0 Å². The standard InChI is InChI=1S/C20H41N5/c1-3-21-20(23-12-18-24-13-6-4-7-14-24)22-11-5-8-15-25-16-9-19(2)10-17-25/h19H,3-18H2,1-2H3,(H2,21,22,23). The molecule has 0 aromatic heterocycles. The number of nitrogens with one attached hydrogen (secondary N) is 2. The van der Waals surface area contributed by atoms with E-state index in [1.165, 1.54) is 77.7 Å². The SMILES string of the molecule is CCNC(=NCCCCN1CCC(C)CC1)NCCN1CCCCC1. The molecule has 0 saturated carbocycles. The predicted molar refractivity (Wildman–Crippen MR) is 108 cm³/mol. The molecule has 0 aromatic rings. The lowest BCUT2D eigenvalue weighted by molar-refractivity contribution is 0.190. The van der Waals surface area contributed by atoms with E-state index in [2.05, 4.69) is 34.3 Å². The van der Waals surface area contributed by atoms with Crippen molar-refractivity contribution < 1.29 is 0 Å². The number of likely N-dealkylation sites (tertiary alicyclic amines) is 2. The molecule has 0 spiro atoms. The zero-order valence-corrected chi connectivity index (χ0v) is 16.7. The van der Waals surface area contributed by atoms with Gasteiger partial charge in [-0.2, -0.15) is 0 Å². The van der Waals surface area contributed by atoms with Crippen molar-refractivity contribution in [1.29, 1.82) is 0 Å². The lowest BCUT2D eigenvalue weighted by atomic mass is 9.99. The highest BCUT2D eigenvalue weighted by molar-refractivity contribution is 5.79. The molecule has 2 aliphatic rings. The van der Waals surface area contributed by atoms with Crippen LogP contribution in [0, 0.1) is 5.92 Å². The van der Waals surface area contributed by atoms with Crippen LogP contribution in [0.2, 0.25) is 0 Å². The van der Waals surface area contributed by atoms with Crippen molar-refractivity contribution in [3.05, 3.63) is 0 Å². The molecule has 5 nitrogen and oxygen atoms in total. The molecule has 0 atom stereocenters. The van der Waals surface area contributed by atoms with Gasteiger partial charge in [0.2, 0.25) is 0 Å². The third-order valence-corrected chi connectivity index (χ3v) is 5.54. The first kappa shape index (κ1) is 20.5. The second kappa shape index (κ2) is 12.5. The first-order valence-corrected chi connectivity index (χ1v) is 10.7. The second-order valence-corrected chi connectivity index (χ2v) is 7.82.